The van der Waals surface area contributed by atoms with Gasteiger partial charge in [-0.25, -0.2) is 0 Å². The van der Waals surface area contributed by atoms with Gasteiger partial charge in [-0.05, 0) is 47.6 Å². The lowest BCUT2D eigenvalue weighted by atomic mass is 10.1. The fraction of sp³-hybridized carbons (Fsp3) is 0. The van der Waals surface area contributed by atoms with Crippen LogP contribution in [0.3, 0.4) is 0 Å². The Morgan fingerprint density at radius 1 is 0.950 bits per heavy atom. The van der Waals surface area contributed by atoms with Gasteiger partial charge in [0.1, 0.15) is 11.5 Å². The molecule has 0 radical (unpaired) electrons. The number of rotatable bonds is 1. The number of nitrogens with two attached hydrogens (primary N) is 1. The van der Waals surface area contributed by atoms with Crippen LogP contribution in [0.4, 0.5) is 0 Å². The van der Waals surface area contributed by atoms with Gasteiger partial charge >= 0.3 is 0 Å². The fourth-order valence-electron chi connectivity index (χ4n) is 2.30. The molecule has 20 heavy (non-hydrogen) atoms. The summed E-state index contributed by atoms with van der Waals surface area (Å²) in [6.45, 7) is 0. The zero-order chi connectivity index (χ0) is 14.3. The standard InChI is InChI=1S/C14H11N3O2S/c15-14(20)17-16-13-11-5-7(18)1-3-9(11)10-4-2-8(19)6-12(10)13/h1-6,18-19H,(H3,15,17,20). The highest BCUT2D eigenvalue weighted by Crippen LogP contribution is 2.39. The summed E-state index contributed by atoms with van der Waals surface area (Å²) in [5.41, 5.74) is 11.9. The van der Waals surface area contributed by atoms with E-state index in [9.17, 15) is 10.2 Å². The van der Waals surface area contributed by atoms with Crippen molar-refractivity contribution >= 4 is 23.0 Å². The Hall–Kier alpha value is -2.60. The molecule has 2 aromatic rings. The van der Waals surface area contributed by atoms with Crippen molar-refractivity contribution in [3.63, 3.8) is 0 Å². The van der Waals surface area contributed by atoms with E-state index in [2.05, 4.69) is 10.5 Å². The minimum atomic E-state index is 0.0489. The van der Waals surface area contributed by atoms with E-state index in [0.29, 0.717) is 5.71 Å². The van der Waals surface area contributed by atoms with Crippen LogP contribution in [0.15, 0.2) is 41.5 Å². The van der Waals surface area contributed by atoms with E-state index in [1.54, 1.807) is 24.3 Å². The van der Waals surface area contributed by atoms with Crippen molar-refractivity contribution < 1.29 is 10.2 Å². The lowest BCUT2D eigenvalue weighted by Crippen LogP contribution is -2.25. The van der Waals surface area contributed by atoms with Crippen LogP contribution in [0, 0.1) is 0 Å². The van der Waals surface area contributed by atoms with Gasteiger partial charge in [0.05, 0.1) is 5.71 Å². The molecule has 0 atom stereocenters. The van der Waals surface area contributed by atoms with Crippen molar-refractivity contribution in [3.05, 3.63) is 47.5 Å². The maximum atomic E-state index is 9.65. The Balaban J connectivity index is 2.24. The summed E-state index contributed by atoms with van der Waals surface area (Å²) in [4.78, 5) is 0. The first kappa shape index (κ1) is 12.4. The smallest absolute Gasteiger partial charge is 0.184 e. The van der Waals surface area contributed by atoms with Crippen LogP contribution < -0.4 is 11.2 Å². The second kappa shape index (κ2) is 4.50. The Labute approximate surface area is 120 Å². The van der Waals surface area contributed by atoms with Crippen molar-refractivity contribution in [2.75, 3.05) is 0 Å². The minimum absolute atomic E-state index is 0.0489. The number of aromatic hydroxyl groups is 2. The molecule has 0 bridgehead atoms. The molecule has 0 fully saturated rings. The number of phenolic OH excluding ortho intramolecular Hbond substituents is 2. The highest BCUT2D eigenvalue weighted by molar-refractivity contribution is 7.80. The Bertz CT molecular complexity index is 703. The Morgan fingerprint density at radius 3 is 1.90 bits per heavy atom. The van der Waals surface area contributed by atoms with E-state index in [1.807, 2.05) is 12.1 Å². The number of fused-ring (bicyclic) bond motifs is 3. The maximum Gasteiger partial charge on any atom is 0.184 e. The van der Waals surface area contributed by atoms with Crippen LogP contribution >= 0.6 is 12.2 Å². The predicted octanol–water partition coefficient (Wildman–Crippen LogP) is 1.66. The molecule has 0 unspecified atom stereocenters. The highest BCUT2D eigenvalue weighted by atomic mass is 32.1. The second-order valence-electron chi connectivity index (χ2n) is 4.40. The zero-order valence-electron chi connectivity index (χ0n) is 10.3. The summed E-state index contributed by atoms with van der Waals surface area (Å²) in [6, 6.07) is 10.1. The molecule has 2 aromatic carbocycles. The van der Waals surface area contributed by atoms with Gasteiger partial charge in [0.2, 0.25) is 0 Å². The van der Waals surface area contributed by atoms with Crippen molar-refractivity contribution in [3.8, 4) is 22.6 Å². The van der Waals surface area contributed by atoms with Crippen molar-refractivity contribution in [2.24, 2.45) is 10.8 Å². The summed E-state index contributed by atoms with van der Waals surface area (Å²) in [5.74, 6) is 0.285. The highest BCUT2D eigenvalue weighted by Gasteiger charge is 2.25. The third-order valence-corrected chi connectivity index (χ3v) is 3.18. The summed E-state index contributed by atoms with van der Waals surface area (Å²) < 4.78 is 0. The van der Waals surface area contributed by atoms with Gasteiger partial charge in [0, 0.05) is 11.1 Å². The number of hydrazone groups is 1. The average Bonchev–Trinajstić information content (AvgIpc) is 2.68. The summed E-state index contributed by atoms with van der Waals surface area (Å²) in [5, 5.41) is 23.5. The molecule has 3 rings (SSSR count). The molecule has 0 spiro atoms. The van der Waals surface area contributed by atoms with Crippen LogP contribution in [0.1, 0.15) is 11.1 Å². The molecule has 0 amide bonds. The topological polar surface area (TPSA) is 90.9 Å². The number of phenols is 2. The van der Waals surface area contributed by atoms with Gasteiger partial charge in [-0.2, -0.15) is 5.10 Å². The molecule has 0 saturated carbocycles. The third kappa shape index (κ3) is 1.96. The normalized spacial score (nSPS) is 11.7. The minimum Gasteiger partial charge on any atom is -0.508 e. The lowest BCUT2D eigenvalue weighted by molar-refractivity contribution is 0.475. The van der Waals surface area contributed by atoms with Gasteiger partial charge in [0.25, 0.3) is 0 Å². The molecule has 5 nitrogen and oxygen atoms in total. The molecule has 0 aromatic heterocycles. The van der Waals surface area contributed by atoms with Crippen molar-refractivity contribution in [2.45, 2.75) is 0 Å². The zero-order valence-corrected chi connectivity index (χ0v) is 11.1. The van der Waals surface area contributed by atoms with Gasteiger partial charge < -0.3 is 15.9 Å². The van der Waals surface area contributed by atoms with Crippen molar-refractivity contribution in [1.29, 1.82) is 0 Å². The molecule has 100 valence electrons. The first-order valence-corrected chi connectivity index (χ1v) is 6.27. The van der Waals surface area contributed by atoms with E-state index in [4.69, 9.17) is 18.0 Å². The number of hydrogen-bond donors (Lipinski definition) is 4. The number of benzene rings is 2. The van der Waals surface area contributed by atoms with Gasteiger partial charge in [-0.1, -0.05) is 12.1 Å². The van der Waals surface area contributed by atoms with E-state index >= 15 is 0 Å². The van der Waals surface area contributed by atoms with E-state index in [-0.39, 0.29) is 16.6 Å². The van der Waals surface area contributed by atoms with Crippen LogP contribution in [0.5, 0.6) is 11.5 Å². The van der Waals surface area contributed by atoms with Gasteiger partial charge in [0.15, 0.2) is 5.11 Å². The molecule has 6 heteroatoms. The van der Waals surface area contributed by atoms with Crippen molar-refractivity contribution in [1.82, 2.24) is 5.43 Å². The number of thiocarbonyl (C=S) groups is 1. The number of hydrogen-bond acceptors (Lipinski definition) is 4. The molecule has 0 aliphatic heterocycles. The molecule has 0 saturated heterocycles. The quantitative estimate of drug-likeness (QED) is 0.403. The lowest BCUT2D eigenvalue weighted by Gasteiger charge is -2.03. The summed E-state index contributed by atoms with van der Waals surface area (Å²) in [7, 11) is 0. The third-order valence-electron chi connectivity index (χ3n) is 3.08. The number of nitrogens with zero attached hydrogens (tertiary/aromatic N) is 1. The Morgan fingerprint density at radius 2 is 1.45 bits per heavy atom. The monoisotopic (exact) mass is 285 g/mol. The van der Waals surface area contributed by atoms with Crippen LogP contribution in [-0.4, -0.2) is 21.0 Å². The average molecular weight is 285 g/mol. The van der Waals surface area contributed by atoms with Crippen LogP contribution in [0.25, 0.3) is 11.1 Å². The maximum absolute atomic E-state index is 9.65. The predicted molar refractivity (Wildman–Crippen MR) is 80.8 cm³/mol. The van der Waals surface area contributed by atoms with Gasteiger partial charge in [-0.15, -0.1) is 0 Å². The first-order valence-electron chi connectivity index (χ1n) is 5.86. The molecule has 1 aliphatic carbocycles. The molecular weight excluding hydrogens is 274 g/mol. The molecule has 5 N–H and O–H groups in total. The summed E-state index contributed by atoms with van der Waals surface area (Å²) >= 11 is 4.74. The van der Waals surface area contributed by atoms with E-state index in [1.165, 1.54) is 0 Å². The second-order valence-corrected chi connectivity index (χ2v) is 4.84. The SMILES string of the molecule is NC(=S)NN=C1c2cc(O)ccc2-c2ccc(O)cc21. The van der Waals surface area contributed by atoms with E-state index in [0.717, 1.165) is 22.3 Å². The van der Waals surface area contributed by atoms with E-state index < -0.39 is 0 Å². The molecule has 1 aliphatic rings. The number of nitrogens with one attached hydrogen (secondary N) is 1. The molecular formula is C14H11N3O2S. The summed E-state index contributed by atoms with van der Waals surface area (Å²) in [6.07, 6.45) is 0. The van der Waals surface area contributed by atoms with Gasteiger partial charge in [-0.3, -0.25) is 5.43 Å². The fourth-order valence-corrected chi connectivity index (χ4v) is 2.35. The largest absolute Gasteiger partial charge is 0.508 e. The molecule has 0 heterocycles. The Kier molecular flexibility index (Phi) is 2.80. The first-order chi connectivity index (χ1) is 9.56. The van der Waals surface area contributed by atoms with Crippen LogP contribution in [-0.2, 0) is 0 Å². The van der Waals surface area contributed by atoms with Crippen LogP contribution in [0.2, 0.25) is 0 Å².